The number of imidazole rings is 1. The zero-order valence-electron chi connectivity index (χ0n) is 20.1. The molecule has 2 aromatic rings. The molecular weight excluding hydrogens is 538 g/mol. The van der Waals surface area contributed by atoms with Gasteiger partial charge in [-0.05, 0) is 44.4 Å². The lowest BCUT2D eigenvalue weighted by atomic mass is 9.96. The number of piperidine rings is 1. The van der Waals surface area contributed by atoms with Crippen molar-refractivity contribution in [2.24, 2.45) is 5.73 Å². The van der Waals surface area contributed by atoms with Crippen molar-refractivity contribution in [1.82, 2.24) is 19.4 Å². The van der Waals surface area contributed by atoms with Crippen molar-refractivity contribution in [3.05, 3.63) is 41.0 Å². The lowest BCUT2D eigenvalue weighted by Crippen LogP contribution is -2.41. The van der Waals surface area contributed by atoms with E-state index in [1.165, 1.54) is 5.69 Å². The number of allylic oxidation sites excluding steroid dienone is 1. The molecular formula is C22H40Cl4N6O3. The van der Waals surface area contributed by atoms with E-state index in [0.717, 1.165) is 56.2 Å². The van der Waals surface area contributed by atoms with Crippen LogP contribution in [0.3, 0.4) is 0 Å². The van der Waals surface area contributed by atoms with Crippen molar-refractivity contribution < 1.29 is 16.1 Å². The number of halogens is 4. The van der Waals surface area contributed by atoms with Gasteiger partial charge in [-0.2, -0.15) is 0 Å². The van der Waals surface area contributed by atoms with Gasteiger partial charge in [-0.25, -0.2) is 4.98 Å². The van der Waals surface area contributed by atoms with Crippen molar-refractivity contribution >= 4 is 61.7 Å². The van der Waals surface area contributed by atoms with Crippen molar-refractivity contribution in [3.8, 4) is 5.75 Å². The number of pyridine rings is 1. The van der Waals surface area contributed by atoms with Crippen LogP contribution in [-0.4, -0.2) is 67.7 Å². The smallest absolute Gasteiger partial charge is 0.204 e. The summed E-state index contributed by atoms with van der Waals surface area (Å²) in [6.07, 6.45) is 7.47. The summed E-state index contributed by atoms with van der Waals surface area (Å²) in [6.45, 7) is 8.51. The molecule has 1 aliphatic heterocycles. The van der Waals surface area contributed by atoms with Crippen LogP contribution in [0.25, 0.3) is 6.08 Å². The Morgan fingerprint density at radius 3 is 2.37 bits per heavy atom. The number of likely N-dealkylation sites (tertiary alicyclic amines) is 1. The van der Waals surface area contributed by atoms with Crippen molar-refractivity contribution in [2.75, 3.05) is 31.5 Å². The largest absolute Gasteiger partial charge is 0.506 e. The normalized spacial score (nSPS) is 16.6. The van der Waals surface area contributed by atoms with Crippen LogP contribution in [0.15, 0.2) is 18.2 Å². The summed E-state index contributed by atoms with van der Waals surface area (Å²) in [7, 11) is 0. The summed E-state index contributed by atoms with van der Waals surface area (Å²) in [4.78, 5) is 11.9. The highest BCUT2D eigenvalue weighted by molar-refractivity contribution is 5.86. The van der Waals surface area contributed by atoms with Gasteiger partial charge in [0, 0.05) is 43.8 Å². The summed E-state index contributed by atoms with van der Waals surface area (Å²) in [6, 6.07) is 3.96. The molecule has 0 spiro atoms. The number of aryl methyl sites for hydroxylation is 1. The maximum absolute atomic E-state index is 10.3. The predicted molar refractivity (Wildman–Crippen MR) is 152 cm³/mol. The Morgan fingerprint density at radius 2 is 1.74 bits per heavy atom. The van der Waals surface area contributed by atoms with E-state index in [1.54, 1.807) is 6.07 Å². The quantitative estimate of drug-likeness (QED) is 0.479. The standard InChI is InChI=1S/C22H32N6O.4ClH.2H2O/c1-15-4-3-5-18-21(15)28(14-19-20(29)7-6-16(2)24-19)22(26-18)25-17-8-11-27(12-9-17)13-10-23;;;;;;/h3,5-7,15,17,29H,4,8-14,23H2,1-2H3,(H,25,26);4*1H;2*1H2. The fourth-order valence-corrected chi connectivity index (χ4v) is 4.43. The van der Waals surface area contributed by atoms with Crippen LogP contribution in [0, 0.1) is 6.92 Å². The maximum Gasteiger partial charge on any atom is 0.204 e. The number of nitrogens with one attached hydrogen (secondary N) is 1. The van der Waals surface area contributed by atoms with Crippen molar-refractivity contribution in [2.45, 2.75) is 51.6 Å². The lowest BCUT2D eigenvalue weighted by molar-refractivity contribution is 0.224. The van der Waals surface area contributed by atoms with Gasteiger partial charge in [0.15, 0.2) is 0 Å². The average Bonchev–Trinajstić information content (AvgIpc) is 3.05. The molecule has 2 aliphatic rings. The summed E-state index contributed by atoms with van der Waals surface area (Å²) < 4.78 is 2.22. The van der Waals surface area contributed by atoms with E-state index in [9.17, 15) is 5.11 Å². The second-order valence-electron chi connectivity index (χ2n) is 8.30. The number of anilines is 1. The Bertz CT molecular complexity index is 908. The van der Waals surface area contributed by atoms with Gasteiger partial charge in [0.1, 0.15) is 11.4 Å². The zero-order chi connectivity index (χ0) is 20.4. The molecule has 3 heterocycles. The topological polar surface area (TPSA) is 155 Å². The van der Waals surface area contributed by atoms with E-state index in [2.05, 4.69) is 38.8 Å². The fraction of sp³-hybridized carbons (Fsp3) is 0.545. The van der Waals surface area contributed by atoms with Crippen LogP contribution in [0.4, 0.5) is 5.95 Å². The molecule has 8 N–H and O–H groups in total. The van der Waals surface area contributed by atoms with E-state index in [1.807, 2.05) is 13.0 Å². The molecule has 204 valence electrons. The molecule has 4 rings (SSSR count). The van der Waals surface area contributed by atoms with Crippen molar-refractivity contribution in [1.29, 1.82) is 0 Å². The number of nitrogens with two attached hydrogens (primary N) is 1. The van der Waals surface area contributed by atoms with E-state index < -0.39 is 0 Å². The van der Waals surface area contributed by atoms with Gasteiger partial charge < -0.3 is 36.6 Å². The average molecular weight is 578 g/mol. The molecule has 1 atom stereocenters. The molecule has 1 fully saturated rings. The van der Waals surface area contributed by atoms with Gasteiger partial charge in [-0.15, -0.1) is 49.6 Å². The minimum absolute atomic E-state index is 0. The van der Waals surface area contributed by atoms with Crippen molar-refractivity contribution in [3.63, 3.8) is 0 Å². The molecule has 13 heteroatoms. The van der Waals surface area contributed by atoms with Gasteiger partial charge in [-0.1, -0.05) is 13.0 Å². The molecule has 1 saturated heterocycles. The van der Waals surface area contributed by atoms with Gasteiger partial charge in [-0.3, -0.25) is 4.98 Å². The van der Waals surface area contributed by atoms with Gasteiger partial charge in [0.25, 0.3) is 0 Å². The summed E-state index contributed by atoms with van der Waals surface area (Å²) in [5.74, 6) is 1.50. The number of aromatic nitrogens is 3. The highest BCUT2D eigenvalue weighted by Gasteiger charge is 2.26. The highest BCUT2D eigenvalue weighted by atomic mass is 35.5. The van der Waals surface area contributed by atoms with Crippen LogP contribution < -0.4 is 11.1 Å². The first kappa shape index (κ1) is 38.2. The van der Waals surface area contributed by atoms with Crippen LogP contribution in [0.2, 0.25) is 0 Å². The Labute approximate surface area is 232 Å². The Hall–Kier alpha value is -1.30. The summed E-state index contributed by atoms with van der Waals surface area (Å²) in [5.41, 5.74) is 9.54. The third-order valence-corrected chi connectivity index (χ3v) is 6.03. The van der Waals surface area contributed by atoms with Crippen LogP contribution in [0.5, 0.6) is 5.75 Å². The first-order valence-electron chi connectivity index (χ1n) is 10.7. The number of fused-ring (bicyclic) bond motifs is 1. The minimum Gasteiger partial charge on any atom is -0.506 e. The van der Waals surface area contributed by atoms with Crippen LogP contribution >= 0.6 is 49.6 Å². The van der Waals surface area contributed by atoms with Gasteiger partial charge in [0.2, 0.25) is 5.95 Å². The molecule has 1 unspecified atom stereocenters. The molecule has 0 radical (unpaired) electrons. The number of rotatable bonds is 6. The molecule has 1 aliphatic carbocycles. The summed E-state index contributed by atoms with van der Waals surface area (Å²) >= 11 is 0. The monoisotopic (exact) mass is 576 g/mol. The Balaban J connectivity index is -0.00000171. The second kappa shape index (κ2) is 17.2. The highest BCUT2D eigenvalue weighted by Crippen LogP contribution is 2.33. The van der Waals surface area contributed by atoms with Gasteiger partial charge >= 0.3 is 0 Å². The predicted octanol–water partition coefficient (Wildman–Crippen LogP) is 2.73. The first-order valence-corrected chi connectivity index (χ1v) is 10.7. The first-order chi connectivity index (χ1) is 14.0. The van der Waals surface area contributed by atoms with Gasteiger partial charge in [0.05, 0.1) is 17.9 Å². The van der Waals surface area contributed by atoms with Crippen LogP contribution in [-0.2, 0) is 6.54 Å². The summed E-state index contributed by atoms with van der Waals surface area (Å²) in [5, 5.41) is 14.0. The van der Waals surface area contributed by atoms with E-state index in [0.29, 0.717) is 30.7 Å². The van der Waals surface area contributed by atoms with E-state index >= 15 is 0 Å². The number of nitrogens with zero attached hydrogens (tertiary/aromatic N) is 4. The molecule has 2 aromatic heterocycles. The Kier molecular flexibility index (Phi) is 18.8. The molecule has 0 bridgehead atoms. The second-order valence-corrected chi connectivity index (χ2v) is 8.30. The fourth-order valence-electron chi connectivity index (χ4n) is 4.43. The molecule has 0 saturated carbocycles. The number of aromatic hydroxyl groups is 1. The molecule has 9 nitrogen and oxygen atoms in total. The SMILES string of the molecule is Cc1ccc(O)c(Cn2c(NC3CCN(CCN)CC3)nc3c2C(C)CC=C3)n1.Cl.Cl.Cl.Cl.O.O. The Morgan fingerprint density at radius 1 is 1.09 bits per heavy atom. The van der Waals surface area contributed by atoms with E-state index in [4.69, 9.17) is 10.7 Å². The maximum atomic E-state index is 10.3. The zero-order valence-corrected chi connectivity index (χ0v) is 23.3. The number of hydrogen-bond acceptors (Lipinski definition) is 6. The minimum atomic E-state index is 0. The lowest BCUT2D eigenvalue weighted by Gasteiger charge is -2.32. The number of hydrogen-bond donors (Lipinski definition) is 3. The molecule has 0 amide bonds. The third kappa shape index (κ3) is 8.94. The van der Waals surface area contributed by atoms with E-state index in [-0.39, 0.29) is 66.3 Å². The third-order valence-electron chi connectivity index (χ3n) is 6.03. The molecule has 0 aromatic carbocycles. The van der Waals surface area contributed by atoms with Crippen LogP contribution in [0.1, 0.15) is 54.9 Å². The molecule has 35 heavy (non-hydrogen) atoms.